The highest BCUT2D eigenvalue weighted by Crippen LogP contribution is 2.35. The van der Waals surface area contributed by atoms with Gasteiger partial charge in [-0.25, -0.2) is 14.4 Å². The third kappa shape index (κ3) is 24.9. The Morgan fingerprint density at radius 3 is 1.65 bits per heavy atom. The largest absolute Gasteiger partial charge is 0.481 e. The van der Waals surface area contributed by atoms with Crippen molar-refractivity contribution in [3.63, 3.8) is 0 Å². The predicted octanol–water partition coefficient (Wildman–Crippen LogP) is -4.95. The van der Waals surface area contributed by atoms with Crippen LogP contribution in [0.3, 0.4) is 0 Å². The minimum Gasteiger partial charge on any atom is -0.481 e. The summed E-state index contributed by atoms with van der Waals surface area (Å²) in [7, 11) is 0.936. The number of benzene rings is 2. The lowest BCUT2D eigenvalue weighted by molar-refractivity contribution is -0.349. The zero-order valence-corrected chi connectivity index (χ0v) is 52.1. The Hall–Kier alpha value is -9.79. The Kier molecular flexibility index (Phi) is 30.9. The molecular weight excluding hydrogens is 1270 g/mol. The Balaban J connectivity index is 1.66. The van der Waals surface area contributed by atoms with Gasteiger partial charge in [0.2, 0.25) is 35.4 Å². The van der Waals surface area contributed by atoms with Gasteiger partial charge in [-0.05, 0) is 37.6 Å². The lowest BCUT2D eigenvalue weighted by Gasteiger charge is -2.49. The fourth-order valence-corrected chi connectivity index (χ4v) is 9.14. The van der Waals surface area contributed by atoms with Gasteiger partial charge in [0.15, 0.2) is 43.0 Å². The molecule has 95 heavy (non-hydrogen) atoms. The first-order valence-electron chi connectivity index (χ1n) is 28.9. The molecule has 2 aromatic carbocycles. The van der Waals surface area contributed by atoms with E-state index in [9.17, 15) is 92.3 Å². The van der Waals surface area contributed by atoms with E-state index in [1.807, 2.05) is 5.32 Å². The number of methoxy groups -OCH3 is 1. The minimum atomic E-state index is -2.06. The number of carbonyl (C=O) groups is 15. The quantitative estimate of drug-likeness (QED) is 0.0231. The summed E-state index contributed by atoms with van der Waals surface area (Å²) in [5.41, 5.74) is 6.16. The third-order valence-corrected chi connectivity index (χ3v) is 13.5. The van der Waals surface area contributed by atoms with Gasteiger partial charge >= 0.3 is 53.7 Å². The number of carboxylic acid groups (broad SMARTS) is 2. The number of hydrogen-bond acceptors (Lipinski definition) is 29. The summed E-state index contributed by atoms with van der Waals surface area (Å²) in [6, 6.07) is 3.47. The summed E-state index contributed by atoms with van der Waals surface area (Å²) >= 11 is 0. The zero-order chi connectivity index (χ0) is 70.8. The van der Waals surface area contributed by atoms with Crippen LogP contribution in [-0.4, -0.2) is 247 Å². The van der Waals surface area contributed by atoms with Gasteiger partial charge in [-0.2, -0.15) is 0 Å². The molecule has 2 aromatic rings. The summed E-state index contributed by atoms with van der Waals surface area (Å²) in [6.45, 7) is 1.20. The molecule has 0 aromatic heterocycles. The zero-order valence-electron chi connectivity index (χ0n) is 52.1. The molecule has 16 atom stereocenters. The van der Waals surface area contributed by atoms with Crippen molar-refractivity contribution < 1.29 is 144 Å². The standard InChI is InChI=1S/C58H75N7O30/c1-26(67)43(56(84)85-7)65-52(80)35(18-19-41(74)75)63-53(81)36(20-42(76)77)62-40(73)21-60-51(79)37(22-66)64-50(78)34(59)23-88-57-44(61-27(2)68)47(94-55(83)33-16-12-9-13-17-33)45(39(92-57)25-87-54(82)32-14-10-8-11-15-32)95-58-49(91-31(6)72)48(90-30(5)71)46(89-29(4)70)38(93-58)24-86-28(3)69/h8-17,26,34-39,43-49,57-58,66-67H,18-25,59H2,1-7H3,(H,60,79)(H,61,68)(H,62,73)(H,63,81)(H,64,78)(H,65,80)(H,74,75)(H,76,77)/t26-,34+,35+,36+,37+,38-,39-,43+,44-,45+,46+,47-,48+,49-,57+,58+/m1/s1. The molecule has 0 saturated carbocycles. The van der Waals surface area contributed by atoms with Gasteiger partial charge in [-0.15, -0.1) is 0 Å². The summed E-state index contributed by atoms with van der Waals surface area (Å²) in [5, 5.41) is 51.9. The highest BCUT2D eigenvalue weighted by Gasteiger charge is 2.57. The Morgan fingerprint density at radius 1 is 0.579 bits per heavy atom. The third-order valence-electron chi connectivity index (χ3n) is 13.5. The first-order chi connectivity index (χ1) is 44.8. The first kappa shape index (κ1) is 77.7. The van der Waals surface area contributed by atoms with Crippen molar-refractivity contribution in [3.05, 3.63) is 71.8 Å². The molecule has 0 aliphatic carbocycles. The van der Waals surface area contributed by atoms with Crippen molar-refractivity contribution in [1.29, 1.82) is 0 Å². The fraction of sp³-hybridized carbons (Fsp3) is 0.534. The molecule has 37 nitrogen and oxygen atoms in total. The number of aliphatic hydroxyl groups excluding tert-OH is 2. The second-order valence-electron chi connectivity index (χ2n) is 21.0. The van der Waals surface area contributed by atoms with Gasteiger partial charge in [0.1, 0.15) is 61.7 Å². The molecule has 0 radical (unpaired) electrons. The summed E-state index contributed by atoms with van der Waals surface area (Å²) in [5.74, 6) is -17.5. The van der Waals surface area contributed by atoms with E-state index in [4.69, 9.17) is 53.1 Å². The van der Waals surface area contributed by atoms with Gasteiger partial charge in [0.25, 0.3) is 0 Å². The molecule has 2 aliphatic heterocycles. The van der Waals surface area contributed by atoms with Crippen LogP contribution in [0.1, 0.15) is 81.5 Å². The fourth-order valence-electron chi connectivity index (χ4n) is 9.14. The SMILES string of the molecule is COC(=O)[C@@H](NC(=O)[C@H](CCC(=O)O)NC(=O)[C@H](CC(=O)O)NC(=O)CNC(=O)[C@H](CO)NC(=O)[C@@H](N)CO[C@H]1O[C@H](COC(=O)c2ccccc2)[C@H](O[C@@H]2O[C@H](COC(C)=O)[C@H](OC(C)=O)[C@H](OC(C)=O)[C@H]2OC(C)=O)[C@H](OC(=O)c2ccccc2)[C@H]1NC(C)=O)[C@@H](C)O. The van der Waals surface area contributed by atoms with Crippen LogP contribution in [0.4, 0.5) is 0 Å². The molecule has 2 heterocycles. The first-order valence-corrected chi connectivity index (χ1v) is 28.9. The monoisotopic (exact) mass is 1350 g/mol. The van der Waals surface area contributed by atoms with Crippen molar-refractivity contribution in [2.45, 2.75) is 158 Å². The molecule has 12 N–H and O–H groups in total. The maximum atomic E-state index is 14.2. The van der Waals surface area contributed by atoms with Crippen molar-refractivity contribution in [2.75, 3.05) is 40.1 Å². The number of hydrogen-bond donors (Lipinski definition) is 11. The van der Waals surface area contributed by atoms with E-state index in [2.05, 4.69) is 31.3 Å². The Bertz CT molecular complexity index is 3060. The number of amides is 6. The smallest absolute Gasteiger partial charge is 0.338 e. The molecule has 522 valence electrons. The van der Waals surface area contributed by atoms with E-state index in [1.54, 1.807) is 12.1 Å². The number of nitrogens with one attached hydrogen (secondary N) is 6. The van der Waals surface area contributed by atoms with Gasteiger partial charge in [0, 0.05) is 41.0 Å². The van der Waals surface area contributed by atoms with Gasteiger partial charge in [-0.3, -0.25) is 57.5 Å². The van der Waals surface area contributed by atoms with Gasteiger partial charge in [0.05, 0.1) is 50.5 Å². The number of ether oxygens (including phenoxy) is 11. The van der Waals surface area contributed by atoms with Crippen molar-refractivity contribution >= 4 is 89.2 Å². The van der Waals surface area contributed by atoms with Crippen LogP contribution < -0.4 is 37.6 Å². The number of esters is 7. The topological polar surface area (TPSA) is 537 Å². The molecule has 37 heteroatoms. The maximum absolute atomic E-state index is 14.2. The average Bonchev–Trinajstić information content (AvgIpc) is 0.768. The molecule has 4 rings (SSSR count). The van der Waals surface area contributed by atoms with E-state index < -0.39 is 239 Å². The van der Waals surface area contributed by atoms with E-state index in [0.717, 1.165) is 48.7 Å². The molecule has 2 saturated heterocycles. The second kappa shape index (κ2) is 37.8. The number of carbonyl (C=O) groups excluding carboxylic acids is 13. The molecule has 0 unspecified atom stereocenters. The minimum absolute atomic E-state index is 0.00935. The molecule has 6 amide bonds. The van der Waals surface area contributed by atoms with Crippen LogP contribution in [0.5, 0.6) is 0 Å². The van der Waals surface area contributed by atoms with E-state index in [-0.39, 0.29) is 11.1 Å². The lowest BCUT2D eigenvalue weighted by atomic mass is 9.94. The van der Waals surface area contributed by atoms with Gasteiger partial charge < -0.3 is 110 Å². The van der Waals surface area contributed by atoms with Crippen molar-refractivity contribution in [3.8, 4) is 0 Å². The molecule has 2 aliphatic rings. The normalized spacial score (nSPS) is 22.4. The predicted molar refractivity (Wildman–Crippen MR) is 310 cm³/mol. The Morgan fingerprint density at radius 2 is 1.12 bits per heavy atom. The van der Waals surface area contributed by atoms with E-state index >= 15 is 0 Å². The van der Waals surface area contributed by atoms with Crippen molar-refractivity contribution in [2.24, 2.45) is 5.73 Å². The van der Waals surface area contributed by atoms with E-state index in [0.29, 0.717) is 0 Å². The molecule has 2 fully saturated rings. The van der Waals surface area contributed by atoms with Crippen LogP contribution in [0.25, 0.3) is 0 Å². The second-order valence-corrected chi connectivity index (χ2v) is 21.0. The molecular formula is C58H75N7O30. The Labute approximate surface area is 540 Å². The lowest BCUT2D eigenvalue weighted by Crippen LogP contribution is -2.69. The maximum Gasteiger partial charge on any atom is 0.338 e. The summed E-state index contributed by atoms with van der Waals surface area (Å²) in [6.07, 6.45) is -20.8. The van der Waals surface area contributed by atoms with Crippen molar-refractivity contribution in [1.82, 2.24) is 31.9 Å². The van der Waals surface area contributed by atoms with Crippen LogP contribution in [-0.2, 0) is 114 Å². The summed E-state index contributed by atoms with van der Waals surface area (Å²) in [4.78, 5) is 193. The molecule has 0 spiro atoms. The van der Waals surface area contributed by atoms with Crippen LogP contribution in [0, 0.1) is 0 Å². The number of nitrogens with two attached hydrogens (primary N) is 1. The number of aliphatic hydroxyl groups is 2. The number of rotatable bonds is 34. The van der Waals surface area contributed by atoms with E-state index in [1.165, 1.54) is 48.5 Å². The number of aliphatic carboxylic acids is 2. The number of carboxylic acids is 2. The molecule has 0 bridgehead atoms. The van der Waals surface area contributed by atoms with Gasteiger partial charge in [-0.1, -0.05) is 36.4 Å². The highest BCUT2D eigenvalue weighted by atomic mass is 16.8. The summed E-state index contributed by atoms with van der Waals surface area (Å²) < 4.78 is 63.3. The van der Waals surface area contributed by atoms with Crippen LogP contribution in [0.15, 0.2) is 60.7 Å². The highest BCUT2D eigenvalue weighted by molar-refractivity contribution is 5.97. The van der Waals surface area contributed by atoms with Crippen LogP contribution >= 0.6 is 0 Å². The average molecular weight is 1350 g/mol. The van der Waals surface area contributed by atoms with Crippen LogP contribution in [0.2, 0.25) is 0 Å².